The van der Waals surface area contributed by atoms with Gasteiger partial charge in [0.15, 0.2) is 33.6 Å². The lowest BCUT2D eigenvalue weighted by Crippen LogP contribution is -2.34. The van der Waals surface area contributed by atoms with Crippen molar-refractivity contribution >= 4 is 92.0 Å². The van der Waals surface area contributed by atoms with Crippen LogP contribution < -0.4 is 55.7 Å². The molecule has 562 valence electrons. The van der Waals surface area contributed by atoms with Crippen molar-refractivity contribution in [1.82, 2.24) is 79.0 Å². The molecule has 0 aliphatic heterocycles. The van der Waals surface area contributed by atoms with Crippen LogP contribution in [0, 0.1) is 55.4 Å². The number of alkyl halides is 4. The van der Waals surface area contributed by atoms with Crippen LogP contribution in [0.1, 0.15) is 125 Å². The van der Waals surface area contributed by atoms with E-state index in [-0.39, 0.29) is 54.6 Å². The first-order chi connectivity index (χ1) is 47.9. The molecule has 2 aliphatic carbocycles. The topological polar surface area (TPSA) is 481 Å². The number of primary amides is 4. The fraction of sp³-hybridized carbons (Fsp3) is 0.492. The van der Waals surface area contributed by atoms with Crippen LogP contribution in [0.3, 0.4) is 0 Å². The maximum absolute atomic E-state index is 13.4. The molecule has 16 N–H and O–H groups in total. The number of nitrogens with one attached hydrogen (secondary N) is 4. The molecule has 8 heterocycles. The number of sulfone groups is 1. The molecule has 40 heteroatoms. The summed E-state index contributed by atoms with van der Waals surface area (Å²) in [6.45, 7) is 21.6. The summed E-state index contributed by atoms with van der Waals surface area (Å²) in [5.41, 5.74) is 38.0. The number of nitrogens with two attached hydrogens (primary N) is 6. The highest BCUT2D eigenvalue weighted by Crippen LogP contribution is 2.35. The number of thioether (sulfide) groups is 2. The van der Waals surface area contributed by atoms with E-state index in [0.717, 1.165) is 51.8 Å². The van der Waals surface area contributed by atoms with Crippen molar-refractivity contribution in [2.45, 2.75) is 198 Å². The van der Waals surface area contributed by atoms with E-state index >= 15 is 0 Å². The lowest BCUT2D eigenvalue weighted by molar-refractivity contribution is -0.119. The number of aromatic nitrogens is 16. The molecule has 8 aromatic rings. The van der Waals surface area contributed by atoms with E-state index in [2.05, 4.69) is 87.3 Å². The van der Waals surface area contributed by atoms with Gasteiger partial charge in [-0.2, -0.15) is 35.3 Å². The normalized spacial score (nSPS) is 15.2. The molecular formula is C63H91ClF4N26O6S3. The third kappa shape index (κ3) is 26.9. The Kier molecular flexibility index (Phi) is 30.6. The molecule has 2 saturated carbocycles. The fourth-order valence-electron chi connectivity index (χ4n) is 9.47. The van der Waals surface area contributed by atoms with Crippen molar-refractivity contribution in [2.75, 3.05) is 40.0 Å². The van der Waals surface area contributed by atoms with E-state index < -0.39 is 69.5 Å². The zero-order valence-corrected chi connectivity index (χ0v) is 63.1. The first kappa shape index (κ1) is 84.5. The minimum absolute atomic E-state index is 0.0182. The third-order valence-electron chi connectivity index (χ3n) is 15.0. The molecule has 0 saturated heterocycles. The van der Waals surface area contributed by atoms with Crippen molar-refractivity contribution < 1.29 is 45.2 Å². The number of carbonyl (C=O) groups excluding carboxylic acids is 4. The van der Waals surface area contributed by atoms with Crippen LogP contribution in [-0.4, -0.2) is 178 Å². The molecular weight excluding hydrogens is 1420 g/mol. The summed E-state index contributed by atoms with van der Waals surface area (Å²) in [5, 5.41) is 30.6. The Morgan fingerprint density at radius 3 is 1.15 bits per heavy atom. The molecule has 103 heavy (non-hydrogen) atoms. The Bertz CT molecular complexity index is 4330. The van der Waals surface area contributed by atoms with Crippen LogP contribution in [0.2, 0.25) is 5.15 Å². The molecule has 0 aromatic carbocycles. The quantitative estimate of drug-likeness (QED) is 0.0172. The van der Waals surface area contributed by atoms with Crippen molar-refractivity contribution in [3.05, 3.63) is 99.2 Å². The summed E-state index contributed by atoms with van der Waals surface area (Å²) < 4.78 is 81.8. The molecule has 0 bridgehead atoms. The maximum Gasteiger partial charge on any atom is 0.250 e. The van der Waals surface area contributed by atoms with E-state index in [0.29, 0.717) is 76.2 Å². The zero-order valence-electron chi connectivity index (χ0n) is 59.9. The van der Waals surface area contributed by atoms with Crippen LogP contribution in [0.4, 0.5) is 41.0 Å². The molecule has 4 unspecified atom stereocenters. The van der Waals surface area contributed by atoms with E-state index in [1.54, 1.807) is 59.9 Å². The highest BCUT2D eigenvalue weighted by atomic mass is 35.5. The Morgan fingerprint density at radius 2 is 0.825 bits per heavy atom. The summed E-state index contributed by atoms with van der Waals surface area (Å²) in [7, 11) is -3.64. The average Bonchev–Trinajstić information content (AvgIpc) is 1.80. The Labute approximate surface area is 608 Å². The van der Waals surface area contributed by atoms with Crippen LogP contribution in [0.25, 0.3) is 23.3 Å². The summed E-state index contributed by atoms with van der Waals surface area (Å²) in [5.74, 6) is -3.48. The lowest BCUT2D eigenvalue weighted by Gasteiger charge is -2.29. The van der Waals surface area contributed by atoms with Gasteiger partial charge in [0.1, 0.15) is 40.7 Å². The van der Waals surface area contributed by atoms with Gasteiger partial charge in [-0.05, 0) is 146 Å². The lowest BCUT2D eigenvalue weighted by atomic mass is 9.92. The van der Waals surface area contributed by atoms with Crippen LogP contribution in [0.5, 0.6) is 0 Å². The molecule has 10 rings (SSSR count). The molecule has 0 radical (unpaired) electrons. The SMILES string of the molecule is CC(N)C(N)=O.CSc1nc(Cl)cc(-n2nc(C)cc2C)n1.CSc1nc(NC(C)C(N)=O)cc(-n2nc(C)cc2C)n1.Cc1cc(C)n(-c2cc(NC(C)C(N)=O)nc(NC3CCC(F)(F)CC3)n2)n1.Cc1cc(C)n(-c2cc(NC(C)C(N)=O)nc(S(C)(=O)=O)n2)n1.NC1CCC(F)(F)CC1. The standard InChI is InChI=1S/C18H25F2N7O.C13H18N6O3S.C13H18N6OS.C10H11ClN4S.C6H11F2N.C3H8N2O/c1-10-8-11(2)27(26-10)15-9-14(22-12(3)16(21)28)24-17(25-15)23-13-4-6-18(19,20)7-5-13;1-7-5-8(2)19(18-7)11-6-10(15-9(3)12(14)20)16-13(17-11)23(4,21)22;1-7-5-8(2)19(18-7)11-6-10(15-9(3)12(14)20)16-13(17-11)21-4;1-6-4-7(2)15(14-6)9-5-8(11)12-10(13-9)16-3;7-6(8)3-1-5(9)2-4-6;1-2(4)3(5)6/h8-9,12-13H,4-7H2,1-3H3,(H2,21,28)(H2,22,23,24,25);5-6,9H,1-4H3,(H2,14,20)(H,15,16,17);5-6,9H,1-4H3,(H2,14,20)(H,15,16,17);4-5H,1-3H3;5H,1-4,9H2;2H,4H2,1H3,(H2,5,6). The summed E-state index contributed by atoms with van der Waals surface area (Å²) in [6.07, 6.45) is 6.08. The Hall–Kier alpha value is -9.18. The monoisotopic (exact) mass is 1510 g/mol. The number of carbonyl (C=O) groups is 4. The van der Waals surface area contributed by atoms with Gasteiger partial charge in [-0.25, -0.2) is 69.6 Å². The highest BCUT2D eigenvalue weighted by molar-refractivity contribution is 7.98. The van der Waals surface area contributed by atoms with Crippen LogP contribution >= 0.6 is 35.1 Å². The van der Waals surface area contributed by atoms with Crippen LogP contribution in [-0.2, 0) is 29.0 Å². The van der Waals surface area contributed by atoms with Crippen LogP contribution in [0.15, 0.2) is 64.0 Å². The number of rotatable bonds is 19. The van der Waals surface area contributed by atoms with Gasteiger partial charge in [-0.15, -0.1) is 0 Å². The Balaban J connectivity index is 0.000000234. The zero-order chi connectivity index (χ0) is 77.2. The van der Waals surface area contributed by atoms with Gasteiger partial charge in [0, 0.05) is 91.1 Å². The summed E-state index contributed by atoms with van der Waals surface area (Å²) in [4.78, 5) is 77.6. The van der Waals surface area contributed by atoms with Gasteiger partial charge in [0.05, 0.1) is 28.8 Å². The summed E-state index contributed by atoms with van der Waals surface area (Å²) >= 11 is 8.81. The van der Waals surface area contributed by atoms with Crippen molar-refractivity contribution in [1.29, 1.82) is 0 Å². The molecule has 2 aliphatic rings. The van der Waals surface area contributed by atoms with Gasteiger partial charge in [-0.1, -0.05) is 35.1 Å². The number of nitrogens with zero attached hydrogens (tertiary/aromatic N) is 16. The minimum Gasteiger partial charge on any atom is -0.368 e. The number of amides is 4. The Morgan fingerprint density at radius 1 is 0.505 bits per heavy atom. The van der Waals surface area contributed by atoms with Crippen molar-refractivity contribution in [3.8, 4) is 23.3 Å². The molecule has 32 nitrogen and oxygen atoms in total. The summed E-state index contributed by atoms with van der Waals surface area (Å²) in [6, 6.07) is 11.9. The molecule has 4 atom stereocenters. The average molecular weight is 1520 g/mol. The van der Waals surface area contributed by atoms with E-state index in [1.165, 1.54) is 34.3 Å². The first-order valence-corrected chi connectivity index (χ1v) is 36.8. The maximum atomic E-state index is 13.4. The number of aryl methyl sites for hydroxylation is 8. The third-order valence-corrected chi connectivity index (χ3v) is 17.1. The van der Waals surface area contributed by atoms with Gasteiger partial charge in [0.25, 0.3) is 5.16 Å². The second kappa shape index (κ2) is 37.3. The molecule has 0 spiro atoms. The molecule has 8 aromatic heterocycles. The number of anilines is 4. The molecule has 4 amide bonds. The number of hydrogen-bond acceptors (Lipinski definition) is 26. The predicted octanol–water partition coefficient (Wildman–Crippen LogP) is 6.81. The smallest absolute Gasteiger partial charge is 0.250 e. The van der Waals surface area contributed by atoms with E-state index in [9.17, 15) is 45.2 Å². The van der Waals surface area contributed by atoms with Gasteiger partial charge < -0.3 is 55.7 Å². The highest BCUT2D eigenvalue weighted by Gasteiger charge is 2.36. The van der Waals surface area contributed by atoms with Gasteiger partial charge in [-0.3, -0.25) is 19.2 Å². The largest absolute Gasteiger partial charge is 0.368 e. The second-order valence-corrected chi connectivity index (χ2v) is 28.4. The van der Waals surface area contributed by atoms with E-state index in [1.807, 2.05) is 92.2 Å². The molecule has 2 fully saturated rings. The first-order valence-electron chi connectivity index (χ1n) is 32.1. The minimum atomic E-state index is -3.64. The second-order valence-electron chi connectivity index (χ2n) is 24.6. The van der Waals surface area contributed by atoms with Crippen molar-refractivity contribution in [3.63, 3.8) is 0 Å². The van der Waals surface area contributed by atoms with Crippen molar-refractivity contribution in [2.24, 2.45) is 34.4 Å². The van der Waals surface area contributed by atoms with E-state index in [4.69, 9.17) is 40.3 Å². The predicted molar refractivity (Wildman–Crippen MR) is 388 cm³/mol. The van der Waals surface area contributed by atoms with Gasteiger partial charge in [0.2, 0.25) is 51.3 Å². The fourth-order valence-corrected chi connectivity index (χ4v) is 11.0. The van der Waals surface area contributed by atoms with Gasteiger partial charge >= 0.3 is 0 Å². The number of halogens is 5. The number of hydrogen-bond donors (Lipinski definition) is 10.